The number of hydrogen-bond acceptors (Lipinski definition) is 5. The van der Waals surface area contributed by atoms with Gasteiger partial charge in [-0.05, 0) is 43.3 Å². The van der Waals surface area contributed by atoms with Gasteiger partial charge >= 0.3 is 0 Å². The molecule has 1 amide bonds. The summed E-state index contributed by atoms with van der Waals surface area (Å²) < 4.78 is 17.7. The van der Waals surface area contributed by atoms with Gasteiger partial charge in [0.25, 0.3) is 5.91 Å². The molecule has 0 saturated carbocycles. The minimum Gasteiger partial charge on any atom is -0.360 e. The largest absolute Gasteiger partial charge is 0.360 e. The molecule has 6 nitrogen and oxygen atoms in total. The fourth-order valence-electron chi connectivity index (χ4n) is 1.91. The highest BCUT2D eigenvalue weighted by atomic mass is 19.1. The van der Waals surface area contributed by atoms with E-state index >= 15 is 0 Å². The molecule has 2 N–H and O–H groups in total. The SMILES string of the molecule is Cc1cc(NC(=O)c2ccc(Nc3ccc(F)cc3)cn2)no1. The lowest BCUT2D eigenvalue weighted by Gasteiger charge is -2.06. The summed E-state index contributed by atoms with van der Waals surface area (Å²) in [6.45, 7) is 1.73. The monoisotopic (exact) mass is 312 g/mol. The van der Waals surface area contributed by atoms with Gasteiger partial charge in [0.2, 0.25) is 0 Å². The van der Waals surface area contributed by atoms with Gasteiger partial charge in [-0.1, -0.05) is 5.16 Å². The Morgan fingerprint density at radius 2 is 1.87 bits per heavy atom. The predicted octanol–water partition coefficient (Wildman–Crippen LogP) is 3.51. The van der Waals surface area contributed by atoms with Gasteiger partial charge in [-0.3, -0.25) is 4.79 Å². The van der Waals surface area contributed by atoms with Gasteiger partial charge < -0.3 is 15.2 Å². The Balaban J connectivity index is 1.66. The molecule has 0 fully saturated rings. The number of carbonyl (C=O) groups excluding carboxylic acids is 1. The van der Waals surface area contributed by atoms with E-state index in [4.69, 9.17) is 4.52 Å². The number of anilines is 3. The first-order valence-electron chi connectivity index (χ1n) is 6.83. The molecule has 0 atom stereocenters. The molecule has 0 aliphatic rings. The molecule has 3 rings (SSSR count). The van der Waals surface area contributed by atoms with E-state index in [0.717, 1.165) is 5.69 Å². The Labute approximate surface area is 131 Å². The van der Waals surface area contributed by atoms with Crippen molar-refractivity contribution in [3.05, 3.63) is 65.9 Å². The smallest absolute Gasteiger partial charge is 0.275 e. The van der Waals surface area contributed by atoms with E-state index in [9.17, 15) is 9.18 Å². The Morgan fingerprint density at radius 1 is 1.13 bits per heavy atom. The van der Waals surface area contributed by atoms with Crippen molar-refractivity contribution in [1.82, 2.24) is 10.1 Å². The lowest BCUT2D eigenvalue weighted by atomic mass is 10.2. The molecule has 0 radical (unpaired) electrons. The van der Waals surface area contributed by atoms with Gasteiger partial charge in [-0.15, -0.1) is 0 Å². The number of benzene rings is 1. The Bertz CT molecular complexity index is 813. The van der Waals surface area contributed by atoms with E-state index < -0.39 is 0 Å². The van der Waals surface area contributed by atoms with Crippen molar-refractivity contribution in [1.29, 1.82) is 0 Å². The van der Waals surface area contributed by atoms with Gasteiger partial charge in [0, 0.05) is 11.8 Å². The minimum absolute atomic E-state index is 0.246. The fourth-order valence-corrected chi connectivity index (χ4v) is 1.91. The van der Waals surface area contributed by atoms with E-state index in [1.807, 2.05) is 0 Å². The summed E-state index contributed by atoms with van der Waals surface area (Å²) >= 11 is 0. The molecule has 0 spiro atoms. The van der Waals surface area contributed by atoms with E-state index in [1.54, 1.807) is 37.3 Å². The maximum absolute atomic E-state index is 12.9. The van der Waals surface area contributed by atoms with Crippen LogP contribution in [0.5, 0.6) is 0 Å². The molecule has 0 unspecified atom stereocenters. The highest BCUT2D eigenvalue weighted by molar-refractivity contribution is 6.02. The topological polar surface area (TPSA) is 80.0 Å². The van der Waals surface area contributed by atoms with Crippen LogP contribution in [-0.2, 0) is 0 Å². The van der Waals surface area contributed by atoms with Crippen LogP contribution in [0.2, 0.25) is 0 Å². The molecule has 2 heterocycles. The minimum atomic E-state index is -0.383. The summed E-state index contributed by atoms with van der Waals surface area (Å²) in [4.78, 5) is 16.1. The molecule has 2 aromatic heterocycles. The van der Waals surface area contributed by atoms with Crippen molar-refractivity contribution in [2.24, 2.45) is 0 Å². The number of pyridine rings is 1. The number of carbonyl (C=O) groups is 1. The van der Waals surface area contributed by atoms with Gasteiger partial charge in [0.15, 0.2) is 5.82 Å². The maximum atomic E-state index is 12.9. The van der Waals surface area contributed by atoms with Crippen molar-refractivity contribution in [3.8, 4) is 0 Å². The van der Waals surface area contributed by atoms with Crippen molar-refractivity contribution in [2.45, 2.75) is 6.92 Å². The molecule has 116 valence electrons. The summed E-state index contributed by atoms with van der Waals surface area (Å²) in [5.41, 5.74) is 1.66. The number of hydrogen-bond donors (Lipinski definition) is 2. The van der Waals surface area contributed by atoms with Crippen molar-refractivity contribution in [3.63, 3.8) is 0 Å². The number of amides is 1. The molecule has 3 aromatic rings. The number of nitrogens with one attached hydrogen (secondary N) is 2. The predicted molar refractivity (Wildman–Crippen MR) is 83.1 cm³/mol. The normalized spacial score (nSPS) is 10.3. The van der Waals surface area contributed by atoms with E-state index in [0.29, 0.717) is 17.3 Å². The van der Waals surface area contributed by atoms with Crippen molar-refractivity contribution >= 4 is 23.1 Å². The van der Waals surface area contributed by atoms with Gasteiger partial charge in [-0.2, -0.15) is 0 Å². The van der Waals surface area contributed by atoms with Crippen LogP contribution < -0.4 is 10.6 Å². The zero-order chi connectivity index (χ0) is 16.2. The average Bonchev–Trinajstić information content (AvgIpc) is 2.95. The van der Waals surface area contributed by atoms with Crippen LogP contribution in [0, 0.1) is 12.7 Å². The number of aromatic nitrogens is 2. The number of nitrogens with zero attached hydrogens (tertiary/aromatic N) is 2. The number of halogens is 1. The lowest BCUT2D eigenvalue weighted by molar-refractivity contribution is 0.102. The van der Waals surface area contributed by atoms with Crippen LogP contribution >= 0.6 is 0 Å². The third-order valence-corrected chi connectivity index (χ3v) is 3.00. The van der Waals surface area contributed by atoms with E-state index in [2.05, 4.69) is 20.8 Å². The van der Waals surface area contributed by atoms with Gasteiger partial charge in [0.1, 0.15) is 17.3 Å². The average molecular weight is 312 g/mol. The van der Waals surface area contributed by atoms with E-state index in [1.165, 1.54) is 18.3 Å². The number of aryl methyl sites for hydroxylation is 1. The summed E-state index contributed by atoms with van der Waals surface area (Å²) in [5.74, 6) is 0.255. The molecule has 0 bridgehead atoms. The Kier molecular flexibility index (Phi) is 4.01. The van der Waals surface area contributed by atoms with E-state index in [-0.39, 0.29) is 17.4 Å². The maximum Gasteiger partial charge on any atom is 0.275 e. The third kappa shape index (κ3) is 3.70. The highest BCUT2D eigenvalue weighted by Gasteiger charge is 2.10. The molecule has 0 aliphatic carbocycles. The highest BCUT2D eigenvalue weighted by Crippen LogP contribution is 2.16. The molecule has 0 saturated heterocycles. The molecule has 0 aliphatic heterocycles. The second-order valence-electron chi connectivity index (χ2n) is 4.84. The molecule has 1 aromatic carbocycles. The second kappa shape index (κ2) is 6.27. The molecule has 7 heteroatoms. The summed E-state index contributed by atoms with van der Waals surface area (Å²) in [6.07, 6.45) is 1.52. The first kappa shape index (κ1) is 14.7. The second-order valence-corrected chi connectivity index (χ2v) is 4.84. The molecule has 23 heavy (non-hydrogen) atoms. The van der Waals surface area contributed by atoms with Crippen LogP contribution in [0.25, 0.3) is 0 Å². The Hall–Kier alpha value is -3.22. The van der Waals surface area contributed by atoms with Gasteiger partial charge in [-0.25, -0.2) is 9.37 Å². The number of rotatable bonds is 4. The molecular weight excluding hydrogens is 299 g/mol. The summed E-state index contributed by atoms with van der Waals surface area (Å²) in [5, 5.41) is 9.33. The van der Waals surface area contributed by atoms with Crippen LogP contribution in [0.3, 0.4) is 0 Å². The quantitative estimate of drug-likeness (QED) is 0.770. The van der Waals surface area contributed by atoms with Crippen molar-refractivity contribution < 1.29 is 13.7 Å². The van der Waals surface area contributed by atoms with Crippen LogP contribution in [0.15, 0.2) is 53.2 Å². The first-order valence-corrected chi connectivity index (χ1v) is 6.83. The van der Waals surface area contributed by atoms with Crippen LogP contribution in [0.1, 0.15) is 16.2 Å². The fraction of sp³-hybridized carbons (Fsp3) is 0.0625. The summed E-state index contributed by atoms with van der Waals surface area (Å²) in [7, 11) is 0. The van der Waals surface area contributed by atoms with Crippen molar-refractivity contribution in [2.75, 3.05) is 10.6 Å². The molecular formula is C16H13FN4O2. The Morgan fingerprint density at radius 3 is 2.48 bits per heavy atom. The first-order chi connectivity index (χ1) is 11.1. The van der Waals surface area contributed by atoms with Crippen LogP contribution in [0.4, 0.5) is 21.6 Å². The third-order valence-electron chi connectivity index (χ3n) is 3.00. The zero-order valence-corrected chi connectivity index (χ0v) is 12.2. The van der Waals surface area contributed by atoms with Crippen LogP contribution in [-0.4, -0.2) is 16.0 Å². The standard InChI is InChI=1S/C16H13FN4O2/c1-10-8-15(21-23-10)20-16(22)14-7-6-13(9-18-14)19-12-4-2-11(17)3-5-12/h2-9,19H,1H3,(H,20,21,22). The zero-order valence-electron chi connectivity index (χ0n) is 12.2. The lowest BCUT2D eigenvalue weighted by Crippen LogP contribution is -2.13. The summed E-state index contributed by atoms with van der Waals surface area (Å²) in [6, 6.07) is 10.8. The van der Waals surface area contributed by atoms with Gasteiger partial charge in [0.05, 0.1) is 11.9 Å².